The second-order valence-corrected chi connectivity index (χ2v) is 10.1. The number of aliphatic hydroxyl groups is 2. The van der Waals surface area contributed by atoms with Gasteiger partial charge in [0.2, 0.25) is 0 Å². The Morgan fingerprint density at radius 3 is 2.63 bits per heavy atom. The number of nitrogens with one attached hydrogen (secondary N) is 1. The molecule has 1 spiro atoms. The Labute approximate surface area is 204 Å². The van der Waals surface area contributed by atoms with E-state index >= 15 is 4.39 Å². The molecule has 0 bridgehead atoms. The summed E-state index contributed by atoms with van der Waals surface area (Å²) in [4.78, 5) is 27.6. The Hall–Kier alpha value is -2.81. The van der Waals surface area contributed by atoms with Gasteiger partial charge >= 0.3 is 0 Å². The molecule has 0 aliphatic carbocycles. The average molecular weight is 485 g/mol. The van der Waals surface area contributed by atoms with E-state index in [1.165, 1.54) is 20.8 Å². The number of para-hydroxylation sites is 1. The Morgan fingerprint density at radius 1 is 1.26 bits per heavy atom. The molecule has 1 fully saturated rings. The maximum atomic E-state index is 15.4. The molecule has 35 heavy (non-hydrogen) atoms. The third-order valence-electron chi connectivity index (χ3n) is 7.20. The molecule has 2 aromatic rings. The standard InChI is InChI=1S/C27H33FN2O5/c1-16-23(26(3,4)28)22(12-13-31)35-27(16)20-10-5-6-11-21(20)30(25(27)34)15-18-8-7-9-19(14-18)29-24(33)17(2)32/h5-11,14,16-17,22-23,31-32H,12-13,15H2,1-4H3,(H,29,33)/t16-,17+,22+,23-,27+/m1/s1. The van der Waals surface area contributed by atoms with Crippen LogP contribution in [0.2, 0.25) is 0 Å². The van der Waals surface area contributed by atoms with Crippen LogP contribution in [0.15, 0.2) is 48.5 Å². The van der Waals surface area contributed by atoms with Crippen molar-refractivity contribution >= 4 is 23.2 Å². The Morgan fingerprint density at radius 2 is 1.97 bits per heavy atom. The Bertz CT molecular complexity index is 1110. The van der Waals surface area contributed by atoms with Gasteiger partial charge < -0.3 is 25.2 Å². The first-order chi connectivity index (χ1) is 16.5. The van der Waals surface area contributed by atoms with Crippen molar-refractivity contribution in [3.05, 3.63) is 59.7 Å². The van der Waals surface area contributed by atoms with Crippen molar-refractivity contribution in [2.24, 2.45) is 11.8 Å². The molecule has 4 rings (SSSR count). The van der Waals surface area contributed by atoms with Gasteiger partial charge in [0, 0.05) is 29.7 Å². The summed E-state index contributed by atoms with van der Waals surface area (Å²) in [5.41, 5.74) is -0.275. The summed E-state index contributed by atoms with van der Waals surface area (Å²) in [5.74, 6) is -1.83. The van der Waals surface area contributed by atoms with Crippen LogP contribution in [0.5, 0.6) is 0 Å². The third-order valence-corrected chi connectivity index (χ3v) is 7.20. The second-order valence-electron chi connectivity index (χ2n) is 10.1. The number of aliphatic hydroxyl groups excluding tert-OH is 2. The van der Waals surface area contributed by atoms with E-state index in [4.69, 9.17) is 4.74 Å². The quantitative estimate of drug-likeness (QED) is 0.559. The van der Waals surface area contributed by atoms with Gasteiger partial charge in [-0.25, -0.2) is 4.39 Å². The summed E-state index contributed by atoms with van der Waals surface area (Å²) in [6.07, 6.45) is -1.51. The van der Waals surface area contributed by atoms with Crippen molar-refractivity contribution in [2.75, 3.05) is 16.8 Å². The number of rotatable bonds is 7. The largest absolute Gasteiger partial charge is 0.396 e. The van der Waals surface area contributed by atoms with Crippen LogP contribution >= 0.6 is 0 Å². The molecular weight excluding hydrogens is 451 g/mol. The summed E-state index contributed by atoms with van der Waals surface area (Å²) in [6.45, 7) is 6.30. The number of carbonyl (C=O) groups excluding carboxylic acids is 2. The van der Waals surface area contributed by atoms with Gasteiger partial charge in [-0.15, -0.1) is 0 Å². The zero-order valence-corrected chi connectivity index (χ0v) is 20.5. The molecule has 8 heteroatoms. The average Bonchev–Trinajstić information content (AvgIpc) is 3.21. The number of hydrogen-bond acceptors (Lipinski definition) is 5. The Balaban J connectivity index is 1.70. The third kappa shape index (κ3) is 4.35. The number of benzene rings is 2. The van der Waals surface area contributed by atoms with E-state index < -0.39 is 41.2 Å². The lowest BCUT2D eigenvalue weighted by Gasteiger charge is -2.32. The number of amides is 2. The number of carbonyl (C=O) groups is 2. The van der Waals surface area contributed by atoms with Crippen LogP contribution in [0.1, 0.15) is 45.2 Å². The van der Waals surface area contributed by atoms with Gasteiger partial charge in [0.05, 0.1) is 18.3 Å². The van der Waals surface area contributed by atoms with Crippen LogP contribution in [-0.2, 0) is 26.5 Å². The van der Waals surface area contributed by atoms with E-state index in [0.717, 1.165) is 5.56 Å². The summed E-state index contributed by atoms with van der Waals surface area (Å²) < 4.78 is 21.8. The van der Waals surface area contributed by atoms with Gasteiger partial charge in [0.15, 0.2) is 5.60 Å². The predicted molar refractivity (Wildman–Crippen MR) is 130 cm³/mol. The number of nitrogens with zero attached hydrogens (tertiary/aromatic N) is 1. The first-order valence-corrected chi connectivity index (χ1v) is 12.0. The van der Waals surface area contributed by atoms with E-state index in [1.807, 2.05) is 37.3 Å². The van der Waals surface area contributed by atoms with Crippen molar-refractivity contribution in [2.45, 2.75) is 64.1 Å². The van der Waals surface area contributed by atoms with Gasteiger partial charge in [-0.2, -0.15) is 0 Å². The molecule has 0 radical (unpaired) electrons. The van der Waals surface area contributed by atoms with Gasteiger partial charge in [-0.05, 0) is 51.0 Å². The van der Waals surface area contributed by atoms with Crippen LogP contribution < -0.4 is 10.2 Å². The van der Waals surface area contributed by atoms with Crippen LogP contribution in [0.25, 0.3) is 0 Å². The fourth-order valence-electron chi connectivity index (χ4n) is 5.73. The van der Waals surface area contributed by atoms with Crippen molar-refractivity contribution < 1.29 is 28.9 Å². The maximum absolute atomic E-state index is 15.4. The van der Waals surface area contributed by atoms with E-state index in [-0.39, 0.29) is 25.5 Å². The summed E-state index contributed by atoms with van der Waals surface area (Å²) in [6, 6.07) is 14.5. The monoisotopic (exact) mass is 484 g/mol. The van der Waals surface area contributed by atoms with Crippen molar-refractivity contribution in [3.63, 3.8) is 0 Å². The Kier molecular flexibility index (Phi) is 6.74. The topological polar surface area (TPSA) is 99.1 Å². The van der Waals surface area contributed by atoms with Crippen LogP contribution in [0.4, 0.5) is 15.8 Å². The molecule has 2 heterocycles. The molecule has 5 atom stereocenters. The second kappa shape index (κ2) is 9.33. The molecule has 0 aromatic heterocycles. The molecule has 2 aromatic carbocycles. The molecule has 0 saturated carbocycles. The van der Waals surface area contributed by atoms with Crippen LogP contribution in [-0.4, -0.2) is 46.5 Å². The van der Waals surface area contributed by atoms with E-state index in [0.29, 0.717) is 16.9 Å². The van der Waals surface area contributed by atoms with Crippen molar-refractivity contribution in [1.29, 1.82) is 0 Å². The van der Waals surface area contributed by atoms with Gasteiger partial charge in [0.1, 0.15) is 11.8 Å². The lowest BCUT2D eigenvalue weighted by molar-refractivity contribution is -0.146. The summed E-state index contributed by atoms with van der Waals surface area (Å²) >= 11 is 0. The van der Waals surface area contributed by atoms with Crippen LogP contribution in [0.3, 0.4) is 0 Å². The first-order valence-electron chi connectivity index (χ1n) is 12.0. The summed E-state index contributed by atoms with van der Waals surface area (Å²) in [5, 5.41) is 21.8. The number of halogens is 1. The number of ether oxygens (including phenoxy) is 1. The fraction of sp³-hybridized carbons (Fsp3) is 0.481. The minimum atomic E-state index is -1.61. The smallest absolute Gasteiger partial charge is 0.264 e. The zero-order valence-electron chi connectivity index (χ0n) is 20.5. The van der Waals surface area contributed by atoms with Crippen LogP contribution in [0, 0.1) is 11.8 Å². The van der Waals surface area contributed by atoms with Gasteiger partial charge in [0.25, 0.3) is 11.8 Å². The van der Waals surface area contributed by atoms with Gasteiger partial charge in [-0.3, -0.25) is 9.59 Å². The molecule has 188 valence electrons. The van der Waals surface area contributed by atoms with E-state index in [1.54, 1.807) is 23.1 Å². The molecule has 1 saturated heterocycles. The number of anilines is 2. The first kappa shape index (κ1) is 25.3. The SMILES string of the molecule is C[C@H](O)C(=O)Nc1cccc(CN2C(=O)[C@@]3(O[C@@H](CCO)[C@H](C(C)(C)F)[C@H]3C)c3ccccc32)c1. The van der Waals surface area contributed by atoms with Crippen molar-refractivity contribution in [3.8, 4) is 0 Å². The predicted octanol–water partition coefficient (Wildman–Crippen LogP) is 3.53. The molecule has 0 unspecified atom stereocenters. The normalized spacial score (nSPS) is 26.8. The van der Waals surface area contributed by atoms with Gasteiger partial charge in [-0.1, -0.05) is 37.3 Å². The summed E-state index contributed by atoms with van der Waals surface area (Å²) in [7, 11) is 0. The molecule has 2 aliphatic heterocycles. The minimum Gasteiger partial charge on any atom is -0.396 e. The highest BCUT2D eigenvalue weighted by atomic mass is 19.1. The number of hydrogen-bond donors (Lipinski definition) is 3. The number of fused-ring (bicyclic) bond motifs is 2. The molecule has 2 aliphatic rings. The maximum Gasteiger partial charge on any atom is 0.264 e. The molecule has 7 nitrogen and oxygen atoms in total. The van der Waals surface area contributed by atoms with Crippen molar-refractivity contribution in [1.82, 2.24) is 0 Å². The molecule has 3 N–H and O–H groups in total. The van der Waals surface area contributed by atoms with E-state index in [9.17, 15) is 19.8 Å². The fourth-order valence-corrected chi connectivity index (χ4v) is 5.73. The molecule has 2 amide bonds. The highest BCUT2D eigenvalue weighted by Crippen LogP contribution is 2.58. The lowest BCUT2D eigenvalue weighted by atomic mass is 9.71. The lowest BCUT2D eigenvalue weighted by Crippen LogP contribution is -2.45. The highest BCUT2D eigenvalue weighted by Gasteiger charge is 2.65. The zero-order chi connectivity index (χ0) is 25.5. The van der Waals surface area contributed by atoms with E-state index in [2.05, 4.69) is 5.32 Å². The molecular formula is C27H33FN2O5. The number of alkyl halides is 1. The minimum absolute atomic E-state index is 0.162. The highest BCUT2D eigenvalue weighted by molar-refractivity contribution is 6.07.